The lowest BCUT2D eigenvalue weighted by Gasteiger charge is -2.11. The molecular weight excluding hydrogens is 274 g/mol. The summed E-state index contributed by atoms with van der Waals surface area (Å²) in [5, 5.41) is 3.84. The average Bonchev–Trinajstić information content (AvgIpc) is 2.42. The van der Waals surface area contributed by atoms with Gasteiger partial charge in [-0.25, -0.2) is 4.98 Å². The van der Waals surface area contributed by atoms with Crippen LogP contribution in [-0.4, -0.2) is 16.5 Å². The molecule has 4 nitrogen and oxygen atoms in total. The van der Waals surface area contributed by atoms with E-state index in [9.17, 15) is 0 Å². The van der Waals surface area contributed by atoms with Gasteiger partial charge in [0.05, 0.1) is 0 Å². The van der Waals surface area contributed by atoms with Crippen molar-refractivity contribution in [3.63, 3.8) is 0 Å². The molecule has 5 heteroatoms. The van der Waals surface area contributed by atoms with E-state index >= 15 is 0 Å². The normalized spacial score (nSPS) is 10.4. The first kappa shape index (κ1) is 14.6. The van der Waals surface area contributed by atoms with Gasteiger partial charge in [0.25, 0.3) is 0 Å². The minimum Gasteiger partial charge on any atom is -0.438 e. The van der Waals surface area contributed by atoms with Gasteiger partial charge in [-0.15, -0.1) is 0 Å². The molecule has 106 valence electrons. The monoisotopic (exact) mass is 291 g/mol. The smallest absolute Gasteiger partial charge is 0.226 e. The molecule has 2 rings (SSSR count). The number of halogens is 1. The van der Waals surface area contributed by atoms with Crippen LogP contribution in [0.4, 0.5) is 5.95 Å². The summed E-state index contributed by atoms with van der Waals surface area (Å²) < 4.78 is 5.87. The molecular formula is C15H18ClN3O. The van der Waals surface area contributed by atoms with Crippen LogP contribution in [0.25, 0.3) is 0 Å². The third-order valence-corrected chi connectivity index (χ3v) is 3.04. The summed E-state index contributed by atoms with van der Waals surface area (Å²) in [5.74, 6) is 1.89. The molecule has 20 heavy (non-hydrogen) atoms. The number of anilines is 1. The summed E-state index contributed by atoms with van der Waals surface area (Å²) in [7, 11) is 0. The predicted octanol–water partition coefficient (Wildman–Crippen LogP) is 4.36. The number of nitrogens with one attached hydrogen (secondary N) is 1. The largest absolute Gasteiger partial charge is 0.438 e. The van der Waals surface area contributed by atoms with Crippen molar-refractivity contribution in [3.05, 3.63) is 40.5 Å². The summed E-state index contributed by atoms with van der Waals surface area (Å²) in [4.78, 5) is 8.62. The Morgan fingerprint density at radius 3 is 2.75 bits per heavy atom. The molecule has 0 bridgehead atoms. The van der Waals surface area contributed by atoms with E-state index in [4.69, 9.17) is 16.3 Å². The topological polar surface area (TPSA) is 47.0 Å². The molecule has 0 aliphatic carbocycles. The van der Waals surface area contributed by atoms with Gasteiger partial charge in [-0.3, -0.25) is 0 Å². The molecule has 0 unspecified atom stereocenters. The number of hydrogen-bond donors (Lipinski definition) is 1. The third kappa shape index (κ3) is 3.61. The van der Waals surface area contributed by atoms with Crippen LogP contribution in [0.3, 0.4) is 0 Å². The van der Waals surface area contributed by atoms with Crippen LogP contribution in [0.15, 0.2) is 24.4 Å². The molecule has 2 aromatic rings. The van der Waals surface area contributed by atoms with E-state index in [1.165, 1.54) is 0 Å². The Balaban J connectivity index is 2.23. The van der Waals surface area contributed by atoms with Crippen LogP contribution in [0, 0.1) is 13.8 Å². The predicted molar refractivity (Wildman–Crippen MR) is 81.8 cm³/mol. The van der Waals surface area contributed by atoms with Gasteiger partial charge >= 0.3 is 0 Å². The second kappa shape index (κ2) is 6.57. The van der Waals surface area contributed by atoms with Gasteiger partial charge in [-0.2, -0.15) is 4.98 Å². The van der Waals surface area contributed by atoms with Gasteiger partial charge in [0.1, 0.15) is 5.75 Å². The summed E-state index contributed by atoms with van der Waals surface area (Å²) >= 11 is 5.94. The van der Waals surface area contributed by atoms with Gasteiger partial charge in [0, 0.05) is 23.3 Å². The number of rotatable bonds is 5. The zero-order valence-corrected chi connectivity index (χ0v) is 12.7. The molecule has 0 saturated heterocycles. The van der Waals surface area contributed by atoms with Gasteiger partial charge in [-0.05, 0) is 44.0 Å². The first-order chi connectivity index (χ1) is 9.60. The summed E-state index contributed by atoms with van der Waals surface area (Å²) in [6.45, 7) is 6.80. The number of nitrogens with zero attached hydrogens (tertiary/aromatic N) is 2. The Morgan fingerprint density at radius 2 is 2.05 bits per heavy atom. The molecule has 0 saturated carbocycles. The molecule has 1 aromatic heterocycles. The second-order valence-electron chi connectivity index (χ2n) is 4.62. The molecule has 0 fully saturated rings. The van der Waals surface area contributed by atoms with Crippen LogP contribution < -0.4 is 10.1 Å². The molecule has 0 spiro atoms. The van der Waals surface area contributed by atoms with Gasteiger partial charge in [0.2, 0.25) is 11.8 Å². The highest BCUT2D eigenvalue weighted by Crippen LogP contribution is 2.28. The van der Waals surface area contributed by atoms with Crippen molar-refractivity contribution < 1.29 is 4.74 Å². The Morgan fingerprint density at radius 1 is 1.25 bits per heavy atom. The van der Waals surface area contributed by atoms with Crippen LogP contribution in [-0.2, 0) is 0 Å². The van der Waals surface area contributed by atoms with Crippen molar-refractivity contribution in [3.8, 4) is 11.6 Å². The van der Waals surface area contributed by atoms with Gasteiger partial charge in [0.15, 0.2) is 0 Å². The number of aryl methyl sites for hydroxylation is 2. The van der Waals surface area contributed by atoms with Gasteiger partial charge < -0.3 is 10.1 Å². The van der Waals surface area contributed by atoms with E-state index in [2.05, 4.69) is 22.2 Å². The van der Waals surface area contributed by atoms with E-state index in [0.717, 1.165) is 29.8 Å². The van der Waals surface area contributed by atoms with Crippen LogP contribution >= 0.6 is 11.6 Å². The molecule has 1 N–H and O–H groups in total. The van der Waals surface area contributed by atoms with Crippen LogP contribution in [0.1, 0.15) is 24.5 Å². The van der Waals surface area contributed by atoms with E-state index < -0.39 is 0 Å². The lowest BCUT2D eigenvalue weighted by molar-refractivity contribution is 0.455. The molecule has 0 radical (unpaired) electrons. The number of aromatic nitrogens is 2. The Labute approximate surface area is 124 Å². The van der Waals surface area contributed by atoms with E-state index in [1.807, 2.05) is 26.0 Å². The Kier molecular flexibility index (Phi) is 4.79. The summed E-state index contributed by atoms with van der Waals surface area (Å²) in [6, 6.07) is 5.51. The van der Waals surface area contributed by atoms with Crippen LogP contribution in [0.2, 0.25) is 5.02 Å². The molecule has 1 aromatic carbocycles. The van der Waals surface area contributed by atoms with Crippen molar-refractivity contribution in [1.82, 2.24) is 9.97 Å². The fourth-order valence-electron chi connectivity index (χ4n) is 1.68. The van der Waals surface area contributed by atoms with Crippen molar-refractivity contribution in [2.45, 2.75) is 27.2 Å². The standard InChI is InChI=1S/C15H18ClN3O/c1-4-7-17-15-18-9-11(3)14(19-15)20-13-6-5-12(16)8-10(13)2/h5-6,8-9H,4,7H2,1-3H3,(H,17,18,19). The van der Waals surface area contributed by atoms with Crippen molar-refractivity contribution in [1.29, 1.82) is 0 Å². The van der Waals surface area contributed by atoms with Gasteiger partial charge in [-0.1, -0.05) is 18.5 Å². The second-order valence-corrected chi connectivity index (χ2v) is 5.06. The Hall–Kier alpha value is -1.81. The van der Waals surface area contributed by atoms with Crippen molar-refractivity contribution >= 4 is 17.5 Å². The van der Waals surface area contributed by atoms with E-state index in [0.29, 0.717) is 16.9 Å². The Bertz CT molecular complexity index is 602. The minimum atomic E-state index is 0.559. The number of benzene rings is 1. The highest BCUT2D eigenvalue weighted by Gasteiger charge is 2.08. The van der Waals surface area contributed by atoms with Crippen molar-refractivity contribution in [2.75, 3.05) is 11.9 Å². The average molecular weight is 292 g/mol. The number of ether oxygens (including phenoxy) is 1. The highest BCUT2D eigenvalue weighted by molar-refractivity contribution is 6.30. The minimum absolute atomic E-state index is 0.559. The molecule has 0 aliphatic rings. The van der Waals surface area contributed by atoms with Crippen LogP contribution in [0.5, 0.6) is 11.6 Å². The molecule has 0 amide bonds. The zero-order valence-electron chi connectivity index (χ0n) is 11.9. The molecule has 0 atom stereocenters. The maximum atomic E-state index is 5.94. The molecule has 0 aliphatic heterocycles. The SMILES string of the molecule is CCCNc1ncc(C)c(Oc2ccc(Cl)cc2C)n1. The van der Waals surface area contributed by atoms with E-state index in [1.54, 1.807) is 12.3 Å². The zero-order chi connectivity index (χ0) is 14.5. The first-order valence-electron chi connectivity index (χ1n) is 6.61. The molecule has 1 heterocycles. The highest BCUT2D eigenvalue weighted by atomic mass is 35.5. The number of hydrogen-bond acceptors (Lipinski definition) is 4. The summed E-state index contributed by atoms with van der Waals surface area (Å²) in [5.41, 5.74) is 1.86. The fourth-order valence-corrected chi connectivity index (χ4v) is 1.91. The quantitative estimate of drug-likeness (QED) is 0.889. The lowest BCUT2D eigenvalue weighted by atomic mass is 10.2. The maximum Gasteiger partial charge on any atom is 0.226 e. The third-order valence-electron chi connectivity index (χ3n) is 2.80. The maximum absolute atomic E-state index is 5.94. The first-order valence-corrected chi connectivity index (χ1v) is 6.99. The summed E-state index contributed by atoms with van der Waals surface area (Å²) in [6.07, 6.45) is 2.77. The van der Waals surface area contributed by atoms with E-state index in [-0.39, 0.29) is 0 Å². The lowest BCUT2D eigenvalue weighted by Crippen LogP contribution is -2.05. The fraction of sp³-hybridized carbons (Fsp3) is 0.333. The van der Waals surface area contributed by atoms with Crippen molar-refractivity contribution in [2.24, 2.45) is 0 Å².